The van der Waals surface area contributed by atoms with Crippen molar-refractivity contribution >= 4 is 10.0 Å². The number of aromatic nitrogens is 2. The third-order valence-electron chi connectivity index (χ3n) is 3.94. The van der Waals surface area contributed by atoms with E-state index in [4.69, 9.17) is 0 Å². The molecule has 0 amide bonds. The highest BCUT2D eigenvalue weighted by Crippen LogP contribution is 2.25. The van der Waals surface area contributed by atoms with Crippen LogP contribution in [0.3, 0.4) is 0 Å². The van der Waals surface area contributed by atoms with Gasteiger partial charge in [-0.25, -0.2) is 8.42 Å². The maximum absolute atomic E-state index is 12.9. The Morgan fingerprint density at radius 1 is 1.43 bits per heavy atom. The second kappa shape index (κ2) is 6.89. The number of H-pyrrole nitrogens is 1. The summed E-state index contributed by atoms with van der Waals surface area (Å²) in [5.74, 6) is 0. The Bertz CT molecular complexity index is 553. The average molecular weight is 314 g/mol. The van der Waals surface area contributed by atoms with Crippen LogP contribution in [-0.4, -0.2) is 41.5 Å². The molecule has 1 saturated heterocycles. The van der Waals surface area contributed by atoms with Crippen LogP contribution < -0.4 is 5.32 Å². The lowest BCUT2D eigenvalue weighted by Crippen LogP contribution is -2.39. The Kier molecular flexibility index (Phi) is 5.40. The molecule has 0 spiro atoms. The lowest BCUT2D eigenvalue weighted by Gasteiger charge is -2.26. The van der Waals surface area contributed by atoms with E-state index >= 15 is 0 Å². The molecule has 2 rings (SSSR count). The molecule has 0 aromatic carbocycles. The number of rotatable bonds is 5. The fraction of sp³-hybridized carbons (Fsp3) is 0.786. The van der Waals surface area contributed by atoms with Crippen LogP contribution >= 0.6 is 0 Å². The molecule has 6 nitrogen and oxygen atoms in total. The molecular weight excluding hydrogens is 288 g/mol. The maximum Gasteiger partial charge on any atom is 0.260 e. The summed E-state index contributed by atoms with van der Waals surface area (Å²) in [7, 11) is -3.49. The van der Waals surface area contributed by atoms with E-state index in [-0.39, 0.29) is 11.1 Å². The Morgan fingerprint density at radius 3 is 2.90 bits per heavy atom. The summed E-state index contributed by atoms with van der Waals surface area (Å²) in [5, 5.41) is 10.1. The summed E-state index contributed by atoms with van der Waals surface area (Å²) in [6.07, 6.45) is 5.65. The van der Waals surface area contributed by atoms with Crippen LogP contribution in [0.15, 0.2) is 11.2 Å². The van der Waals surface area contributed by atoms with E-state index in [2.05, 4.69) is 15.5 Å². The summed E-state index contributed by atoms with van der Waals surface area (Å²) in [4.78, 5) is 0. The quantitative estimate of drug-likeness (QED) is 0.869. The summed E-state index contributed by atoms with van der Waals surface area (Å²) in [6.45, 7) is 7.16. The molecule has 1 aromatic rings. The summed E-state index contributed by atoms with van der Waals surface area (Å²) in [6, 6.07) is 0.347. The largest absolute Gasteiger partial charge is 0.310 e. The standard InChI is InChI=1S/C14H26N4O2S/c1-11(2)15-9-13-10-16-17-14(13)21(19,20)18-8-6-4-5-7-12(18)3/h10-12,15H,4-9H2,1-3H3,(H,16,17). The molecule has 1 atom stereocenters. The molecule has 7 heteroatoms. The van der Waals surface area contributed by atoms with Crippen molar-refractivity contribution in [1.82, 2.24) is 19.8 Å². The van der Waals surface area contributed by atoms with Gasteiger partial charge in [-0.05, 0) is 19.8 Å². The van der Waals surface area contributed by atoms with Crippen LogP contribution in [0.4, 0.5) is 0 Å². The first-order chi connectivity index (χ1) is 9.93. The molecule has 120 valence electrons. The highest BCUT2D eigenvalue weighted by Gasteiger charge is 2.32. The second-order valence-corrected chi connectivity index (χ2v) is 7.90. The van der Waals surface area contributed by atoms with Gasteiger partial charge in [0.05, 0.1) is 6.20 Å². The minimum Gasteiger partial charge on any atom is -0.310 e. The molecule has 0 saturated carbocycles. The van der Waals surface area contributed by atoms with Gasteiger partial charge in [0.2, 0.25) is 0 Å². The fourth-order valence-electron chi connectivity index (χ4n) is 2.69. The SMILES string of the molecule is CC(C)NCc1cn[nH]c1S(=O)(=O)N1CCCCCC1C. The van der Waals surface area contributed by atoms with Gasteiger partial charge in [0.25, 0.3) is 10.0 Å². The van der Waals surface area contributed by atoms with Crippen LogP contribution in [0.5, 0.6) is 0 Å². The monoisotopic (exact) mass is 314 g/mol. The molecule has 0 radical (unpaired) electrons. The van der Waals surface area contributed by atoms with Crippen LogP contribution in [0, 0.1) is 0 Å². The topological polar surface area (TPSA) is 78.1 Å². The van der Waals surface area contributed by atoms with Gasteiger partial charge in [0.1, 0.15) is 0 Å². The molecular formula is C14H26N4O2S. The third-order valence-corrected chi connectivity index (χ3v) is 5.97. The van der Waals surface area contributed by atoms with Gasteiger partial charge in [-0.2, -0.15) is 9.40 Å². The zero-order chi connectivity index (χ0) is 15.5. The van der Waals surface area contributed by atoms with Crippen molar-refractivity contribution in [2.45, 2.75) is 70.1 Å². The third kappa shape index (κ3) is 3.84. The second-order valence-electron chi connectivity index (χ2n) is 6.07. The van der Waals surface area contributed by atoms with E-state index in [1.807, 2.05) is 20.8 Å². The molecule has 1 fully saturated rings. The van der Waals surface area contributed by atoms with Gasteiger partial charge in [-0.1, -0.05) is 26.7 Å². The highest BCUT2D eigenvalue weighted by molar-refractivity contribution is 7.89. The van der Waals surface area contributed by atoms with Crippen molar-refractivity contribution in [3.8, 4) is 0 Å². The van der Waals surface area contributed by atoms with E-state index < -0.39 is 10.0 Å². The number of nitrogens with one attached hydrogen (secondary N) is 2. The minimum atomic E-state index is -3.49. The van der Waals surface area contributed by atoms with E-state index in [9.17, 15) is 8.42 Å². The van der Waals surface area contributed by atoms with Crippen molar-refractivity contribution in [3.63, 3.8) is 0 Å². The number of nitrogens with zero attached hydrogens (tertiary/aromatic N) is 2. The number of aromatic amines is 1. The summed E-state index contributed by atoms with van der Waals surface area (Å²) in [5.41, 5.74) is 0.708. The van der Waals surface area contributed by atoms with E-state index in [0.717, 1.165) is 25.7 Å². The van der Waals surface area contributed by atoms with Gasteiger partial charge >= 0.3 is 0 Å². The molecule has 1 aliphatic heterocycles. The molecule has 2 heterocycles. The highest BCUT2D eigenvalue weighted by atomic mass is 32.2. The van der Waals surface area contributed by atoms with Crippen molar-refractivity contribution < 1.29 is 8.42 Å². The van der Waals surface area contributed by atoms with Crippen molar-refractivity contribution in [2.75, 3.05) is 6.54 Å². The number of sulfonamides is 1. The molecule has 0 bridgehead atoms. The Balaban J connectivity index is 2.24. The van der Waals surface area contributed by atoms with Gasteiger partial charge in [0, 0.05) is 30.7 Å². The van der Waals surface area contributed by atoms with Gasteiger partial charge in [-0.3, -0.25) is 5.10 Å². The first-order valence-electron chi connectivity index (χ1n) is 7.70. The van der Waals surface area contributed by atoms with Gasteiger partial charge in [0.15, 0.2) is 5.03 Å². The number of hydrogen-bond acceptors (Lipinski definition) is 4. The van der Waals surface area contributed by atoms with Crippen LogP contribution in [0.25, 0.3) is 0 Å². The van der Waals surface area contributed by atoms with E-state index in [1.54, 1.807) is 10.5 Å². The van der Waals surface area contributed by atoms with Crippen LogP contribution in [0.2, 0.25) is 0 Å². The smallest absolute Gasteiger partial charge is 0.260 e. The van der Waals surface area contributed by atoms with Crippen LogP contribution in [0.1, 0.15) is 52.0 Å². The lowest BCUT2D eigenvalue weighted by atomic mass is 10.1. The predicted molar refractivity (Wildman–Crippen MR) is 82.4 cm³/mol. The average Bonchev–Trinajstić information content (AvgIpc) is 2.78. The molecule has 1 aliphatic rings. The van der Waals surface area contributed by atoms with E-state index in [1.165, 1.54) is 0 Å². The Hall–Kier alpha value is -0.920. The van der Waals surface area contributed by atoms with Crippen LogP contribution in [-0.2, 0) is 16.6 Å². The maximum atomic E-state index is 12.9. The van der Waals surface area contributed by atoms with Crippen molar-refractivity contribution in [3.05, 3.63) is 11.8 Å². The first kappa shape index (κ1) is 16.5. The molecule has 21 heavy (non-hydrogen) atoms. The van der Waals surface area contributed by atoms with Gasteiger partial charge in [-0.15, -0.1) is 0 Å². The minimum absolute atomic E-state index is 0.0479. The zero-order valence-electron chi connectivity index (χ0n) is 13.1. The lowest BCUT2D eigenvalue weighted by molar-refractivity contribution is 0.340. The molecule has 1 aromatic heterocycles. The van der Waals surface area contributed by atoms with Gasteiger partial charge < -0.3 is 5.32 Å². The molecule has 0 aliphatic carbocycles. The summed E-state index contributed by atoms with van der Waals surface area (Å²) >= 11 is 0. The molecule has 2 N–H and O–H groups in total. The number of hydrogen-bond donors (Lipinski definition) is 2. The Morgan fingerprint density at radius 2 is 2.19 bits per heavy atom. The normalized spacial score (nSPS) is 21.6. The van der Waals surface area contributed by atoms with E-state index in [0.29, 0.717) is 24.7 Å². The van der Waals surface area contributed by atoms with Crippen molar-refractivity contribution in [1.29, 1.82) is 0 Å². The Labute approximate surface area is 127 Å². The zero-order valence-corrected chi connectivity index (χ0v) is 13.9. The summed E-state index contributed by atoms with van der Waals surface area (Å²) < 4.78 is 27.4. The van der Waals surface area contributed by atoms with Crippen molar-refractivity contribution in [2.24, 2.45) is 0 Å². The molecule has 1 unspecified atom stereocenters. The predicted octanol–water partition coefficient (Wildman–Crippen LogP) is 1.86. The first-order valence-corrected chi connectivity index (χ1v) is 9.14. The fourth-order valence-corrected chi connectivity index (χ4v) is 4.49.